The number of anilines is 1. The molecule has 4 rings (SSSR count). The van der Waals surface area contributed by atoms with E-state index >= 15 is 0 Å². The summed E-state index contributed by atoms with van der Waals surface area (Å²) in [6, 6.07) is 16.8. The summed E-state index contributed by atoms with van der Waals surface area (Å²) in [5, 5.41) is 5.46. The van der Waals surface area contributed by atoms with Gasteiger partial charge < -0.3 is 10.1 Å². The normalized spacial score (nSPS) is 11.3. The molecule has 1 N–H and O–H groups in total. The number of halogens is 5. The number of rotatable bonds is 6. The van der Waals surface area contributed by atoms with E-state index in [1.165, 1.54) is 23.5 Å². The SMILES string of the molecule is O=C(Nc1cccc(C(F)(F)F)c1)c1csc(-c2cccc(OCc3ccc(Cl)c(Cl)c3)c2)n1. The van der Waals surface area contributed by atoms with Gasteiger partial charge in [-0.25, -0.2) is 4.98 Å². The van der Waals surface area contributed by atoms with Crippen molar-refractivity contribution in [3.63, 3.8) is 0 Å². The Morgan fingerprint density at radius 3 is 2.56 bits per heavy atom. The van der Waals surface area contributed by atoms with Crippen LogP contribution >= 0.6 is 34.5 Å². The number of benzene rings is 3. The van der Waals surface area contributed by atoms with Gasteiger partial charge in [0.25, 0.3) is 5.91 Å². The zero-order valence-corrected chi connectivity index (χ0v) is 19.5. The Labute approximate surface area is 206 Å². The third-order valence-corrected chi connectivity index (χ3v) is 6.29. The lowest BCUT2D eigenvalue weighted by Gasteiger charge is -2.09. The number of nitrogens with zero attached hydrogens (tertiary/aromatic N) is 1. The molecule has 1 heterocycles. The Balaban J connectivity index is 1.44. The van der Waals surface area contributed by atoms with Crippen LogP contribution in [0.5, 0.6) is 5.75 Å². The highest BCUT2D eigenvalue weighted by atomic mass is 35.5. The number of thiazole rings is 1. The molecule has 0 aliphatic carbocycles. The quantitative estimate of drug-likeness (QED) is 0.279. The first-order valence-electron chi connectivity index (χ1n) is 9.80. The molecule has 0 unspecified atom stereocenters. The highest BCUT2D eigenvalue weighted by molar-refractivity contribution is 7.13. The van der Waals surface area contributed by atoms with Crippen molar-refractivity contribution < 1.29 is 22.7 Å². The number of ether oxygens (including phenoxy) is 1. The molecule has 1 aromatic heterocycles. The third-order valence-electron chi connectivity index (χ3n) is 4.66. The number of amides is 1. The summed E-state index contributed by atoms with van der Waals surface area (Å²) < 4.78 is 44.5. The van der Waals surface area contributed by atoms with Gasteiger partial charge in [-0.15, -0.1) is 11.3 Å². The Bertz CT molecular complexity index is 1340. The summed E-state index contributed by atoms with van der Waals surface area (Å²) in [4.78, 5) is 16.8. The fourth-order valence-corrected chi connectivity index (χ4v) is 4.11. The van der Waals surface area contributed by atoms with Crippen LogP contribution in [-0.2, 0) is 12.8 Å². The highest BCUT2D eigenvalue weighted by Crippen LogP contribution is 2.31. The number of alkyl halides is 3. The van der Waals surface area contributed by atoms with Crippen LogP contribution in [0.25, 0.3) is 10.6 Å². The monoisotopic (exact) mass is 522 g/mol. The van der Waals surface area contributed by atoms with Crippen molar-refractivity contribution in [3.05, 3.63) is 99.0 Å². The van der Waals surface area contributed by atoms with Gasteiger partial charge in [0.1, 0.15) is 23.1 Å². The van der Waals surface area contributed by atoms with Gasteiger partial charge in [-0.1, -0.05) is 47.5 Å². The van der Waals surface area contributed by atoms with Crippen LogP contribution in [0.15, 0.2) is 72.1 Å². The molecule has 0 saturated heterocycles. The smallest absolute Gasteiger partial charge is 0.416 e. The molecule has 10 heteroatoms. The van der Waals surface area contributed by atoms with Gasteiger partial charge in [-0.05, 0) is 48.0 Å². The van der Waals surface area contributed by atoms with E-state index in [0.29, 0.717) is 20.8 Å². The van der Waals surface area contributed by atoms with Gasteiger partial charge in [0, 0.05) is 16.6 Å². The summed E-state index contributed by atoms with van der Waals surface area (Å²) in [7, 11) is 0. The summed E-state index contributed by atoms with van der Waals surface area (Å²) >= 11 is 13.2. The lowest BCUT2D eigenvalue weighted by atomic mass is 10.2. The van der Waals surface area contributed by atoms with Crippen LogP contribution in [0.1, 0.15) is 21.6 Å². The second-order valence-electron chi connectivity index (χ2n) is 7.14. The largest absolute Gasteiger partial charge is 0.489 e. The summed E-state index contributed by atoms with van der Waals surface area (Å²) in [6.07, 6.45) is -4.50. The molecule has 0 aliphatic rings. The molecule has 0 saturated carbocycles. The van der Waals surface area contributed by atoms with E-state index in [-0.39, 0.29) is 18.0 Å². The van der Waals surface area contributed by atoms with Crippen LogP contribution in [0.2, 0.25) is 10.0 Å². The van der Waals surface area contributed by atoms with Crippen LogP contribution in [0.3, 0.4) is 0 Å². The lowest BCUT2D eigenvalue weighted by Crippen LogP contribution is -2.13. The van der Waals surface area contributed by atoms with Crippen molar-refractivity contribution in [3.8, 4) is 16.3 Å². The molecule has 1 amide bonds. The van der Waals surface area contributed by atoms with Crippen molar-refractivity contribution in [2.45, 2.75) is 12.8 Å². The van der Waals surface area contributed by atoms with Gasteiger partial charge in [-0.3, -0.25) is 4.79 Å². The number of carbonyl (C=O) groups is 1. The highest BCUT2D eigenvalue weighted by Gasteiger charge is 2.30. The Morgan fingerprint density at radius 1 is 1.00 bits per heavy atom. The number of nitrogens with one attached hydrogen (secondary N) is 1. The fourth-order valence-electron chi connectivity index (χ4n) is 2.99. The molecule has 0 atom stereocenters. The van der Waals surface area contributed by atoms with E-state index in [9.17, 15) is 18.0 Å². The van der Waals surface area contributed by atoms with Crippen molar-refractivity contribution in [2.24, 2.45) is 0 Å². The summed E-state index contributed by atoms with van der Waals surface area (Å²) in [5.41, 5.74) is 0.867. The molecular weight excluding hydrogens is 508 g/mol. The van der Waals surface area contributed by atoms with E-state index in [2.05, 4.69) is 10.3 Å². The van der Waals surface area contributed by atoms with E-state index in [4.69, 9.17) is 27.9 Å². The van der Waals surface area contributed by atoms with Crippen molar-refractivity contribution in [2.75, 3.05) is 5.32 Å². The van der Waals surface area contributed by atoms with Gasteiger partial charge in [-0.2, -0.15) is 13.2 Å². The number of carbonyl (C=O) groups excluding carboxylic acids is 1. The molecule has 34 heavy (non-hydrogen) atoms. The predicted molar refractivity (Wildman–Crippen MR) is 128 cm³/mol. The second-order valence-corrected chi connectivity index (χ2v) is 8.81. The maximum atomic E-state index is 12.9. The average Bonchev–Trinajstić information content (AvgIpc) is 3.30. The van der Waals surface area contributed by atoms with E-state index < -0.39 is 17.6 Å². The Kier molecular flexibility index (Phi) is 7.11. The summed E-state index contributed by atoms with van der Waals surface area (Å²) in [6.45, 7) is 0.281. The Hall–Kier alpha value is -3.07. The van der Waals surface area contributed by atoms with Crippen LogP contribution in [-0.4, -0.2) is 10.9 Å². The number of hydrogen-bond acceptors (Lipinski definition) is 4. The predicted octanol–water partition coefficient (Wildman–Crippen LogP) is 7.97. The second kappa shape index (κ2) is 10.0. The van der Waals surface area contributed by atoms with E-state index in [1.54, 1.807) is 35.7 Å². The minimum absolute atomic E-state index is 0.0343. The van der Waals surface area contributed by atoms with Crippen molar-refractivity contribution in [1.29, 1.82) is 0 Å². The molecule has 0 fully saturated rings. The zero-order chi connectivity index (χ0) is 24.3. The molecule has 0 radical (unpaired) electrons. The van der Waals surface area contributed by atoms with Gasteiger partial charge in [0.05, 0.1) is 15.6 Å². The fraction of sp³-hybridized carbons (Fsp3) is 0.0833. The first kappa shape index (κ1) is 24.1. The minimum atomic E-state index is -4.50. The molecule has 0 spiro atoms. The van der Waals surface area contributed by atoms with E-state index in [1.807, 2.05) is 12.1 Å². The third kappa shape index (κ3) is 5.88. The molecule has 3 aromatic carbocycles. The minimum Gasteiger partial charge on any atom is -0.489 e. The maximum absolute atomic E-state index is 12.9. The van der Waals surface area contributed by atoms with Crippen molar-refractivity contribution >= 4 is 46.1 Å². The van der Waals surface area contributed by atoms with E-state index in [0.717, 1.165) is 23.3 Å². The first-order chi connectivity index (χ1) is 16.2. The number of hydrogen-bond donors (Lipinski definition) is 1. The topological polar surface area (TPSA) is 51.2 Å². The standard InChI is InChI=1S/C24H15Cl2F3N2O2S/c25-19-8-7-14(9-20(19)26)12-33-18-6-1-3-15(10-18)23-31-21(13-34-23)22(32)30-17-5-2-4-16(11-17)24(27,28)29/h1-11,13H,12H2,(H,30,32). The number of aromatic nitrogens is 1. The first-order valence-corrected chi connectivity index (χ1v) is 11.4. The van der Waals surface area contributed by atoms with Gasteiger partial charge in [0.15, 0.2) is 0 Å². The molecule has 174 valence electrons. The van der Waals surface area contributed by atoms with Crippen LogP contribution in [0.4, 0.5) is 18.9 Å². The lowest BCUT2D eigenvalue weighted by molar-refractivity contribution is -0.137. The molecule has 0 bridgehead atoms. The van der Waals surface area contributed by atoms with Crippen LogP contribution in [0, 0.1) is 0 Å². The van der Waals surface area contributed by atoms with Crippen molar-refractivity contribution in [1.82, 2.24) is 4.98 Å². The maximum Gasteiger partial charge on any atom is 0.416 e. The summed E-state index contributed by atoms with van der Waals surface area (Å²) in [5.74, 6) is -0.0115. The molecule has 4 nitrogen and oxygen atoms in total. The average molecular weight is 523 g/mol. The molecular formula is C24H15Cl2F3N2O2S. The molecule has 0 aliphatic heterocycles. The zero-order valence-electron chi connectivity index (χ0n) is 17.2. The Morgan fingerprint density at radius 2 is 1.79 bits per heavy atom. The van der Waals surface area contributed by atoms with Gasteiger partial charge >= 0.3 is 6.18 Å². The van der Waals surface area contributed by atoms with Gasteiger partial charge in [0.2, 0.25) is 0 Å². The van der Waals surface area contributed by atoms with Crippen LogP contribution < -0.4 is 10.1 Å². The molecule has 4 aromatic rings.